The second-order valence-corrected chi connectivity index (χ2v) is 9.81. The van der Waals surface area contributed by atoms with E-state index in [0.29, 0.717) is 28.8 Å². The van der Waals surface area contributed by atoms with Crippen LogP contribution in [-0.2, 0) is 16.1 Å². The molecule has 3 aromatic rings. The number of hydrogen-bond acceptors (Lipinski definition) is 6. The summed E-state index contributed by atoms with van der Waals surface area (Å²) in [6.07, 6.45) is 0.0742. The fourth-order valence-electron chi connectivity index (χ4n) is 3.43. The summed E-state index contributed by atoms with van der Waals surface area (Å²) in [4.78, 5) is 32.6. The quantitative estimate of drug-likeness (QED) is 0.410. The lowest BCUT2D eigenvalue weighted by Crippen LogP contribution is -2.44. The van der Waals surface area contributed by atoms with E-state index < -0.39 is 5.25 Å². The first kappa shape index (κ1) is 24.8. The van der Waals surface area contributed by atoms with Crippen molar-refractivity contribution in [3.05, 3.63) is 82.8 Å². The Bertz CT molecular complexity index is 1210. The van der Waals surface area contributed by atoms with E-state index in [1.54, 1.807) is 43.4 Å². The second kappa shape index (κ2) is 11.4. The molecule has 4 rings (SSSR count). The van der Waals surface area contributed by atoms with Gasteiger partial charge < -0.3 is 14.8 Å². The molecule has 1 fully saturated rings. The number of hydrogen-bond donors (Lipinski definition) is 1. The summed E-state index contributed by atoms with van der Waals surface area (Å²) in [5.41, 5.74) is 2.26. The first-order valence-electron chi connectivity index (χ1n) is 10.8. The minimum absolute atomic E-state index is 0.0742. The molecule has 0 radical (unpaired) electrons. The summed E-state index contributed by atoms with van der Waals surface area (Å²) in [6.45, 7) is 0.339. The normalized spacial score (nSPS) is 16.8. The van der Waals surface area contributed by atoms with Crippen LogP contribution in [0.4, 0.5) is 11.4 Å². The molecule has 0 saturated carbocycles. The molecule has 2 amide bonds. The second-order valence-electron chi connectivity index (χ2n) is 7.73. The Hall–Kier alpha value is -3.30. The molecule has 1 unspecified atom stereocenters. The molecule has 35 heavy (non-hydrogen) atoms. The van der Waals surface area contributed by atoms with Gasteiger partial charge in [-0.1, -0.05) is 39.8 Å². The molecule has 9 heteroatoms. The summed E-state index contributed by atoms with van der Waals surface area (Å²) in [5, 5.41) is 2.77. The third kappa shape index (κ3) is 6.43. The number of thioether (sulfide) groups is 1. The van der Waals surface area contributed by atoms with Crippen molar-refractivity contribution in [3.63, 3.8) is 0 Å². The average molecular weight is 554 g/mol. The Morgan fingerprint density at radius 3 is 2.20 bits per heavy atom. The lowest BCUT2D eigenvalue weighted by atomic mass is 10.2. The van der Waals surface area contributed by atoms with Crippen LogP contribution < -0.4 is 14.8 Å². The molecule has 1 aliphatic heterocycles. The largest absolute Gasteiger partial charge is 0.497 e. The number of carbonyl (C=O) groups is 2. The number of anilines is 1. The van der Waals surface area contributed by atoms with Gasteiger partial charge in [-0.05, 0) is 66.2 Å². The topological polar surface area (TPSA) is 80.2 Å². The number of ether oxygens (including phenoxy) is 2. The number of carbonyl (C=O) groups excluding carboxylic acids is 2. The smallest absolute Gasteiger partial charge is 0.238 e. The minimum atomic E-state index is -0.602. The fourth-order valence-corrected chi connectivity index (χ4v) is 4.80. The molecule has 1 atom stereocenters. The van der Waals surface area contributed by atoms with E-state index in [2.05, 4.69) is 21.2 Å². The first-order valence-corrected chi connectivity index (χ1v) is 12.5. The maximum absolute atomic E-state index is 13.2. The Labute approximate surface area is 216 Å². The summed E-state index contributed by atoms with van der Waals surface area (Å²) in [5.74, 6) is 1.05. The number of rotatable bonds is 7. The third-order valence-corrected chi connectivity index (χ3v) is 7.06. The van der Waals surface area contributed by atoms with Crippen LogP contribution in [0.2, 0.25) is 0 Å². The molecular weight excluding hydrogens is 530 g/mol. The van der Waals surface area contributed by atoms with Gasteiger partial charge in [0.05, 0.1) is 26.5 Å². The molecule has 1 aliphatic rings. The van der Waals surface area contributed by atoms with Crippen molar-refractivity contribution in [2.24, 2.45) is 4.99 Å². The highest BCUT2D eigenvalue weighted by Gasteiger charge is 2.36. The zero-order chi connectivity index (χ0) is 24.8. The van der Waals surface area contributed by atoms with Gasteiger partial charge in [0.1, 0.15) is 16.7 Å². The molecule has 0 aliphatic carbocycles. The Kier molecular flexibility index (Phi) is 8.09. The molecule has 3 aromatic carbocycles. The molecule has 1 N–H and O–H groups in total. The Balaban J connectivity index is 1.58. The van der Waals surface area contributed by atoms with Gasteiger partial charge in [-0.2, -0.15) is 0 Å². The van der Waals surface area contributed by atoms with E-state index in [-0.39, 0.29) is 18.2 Å². The number of halogens is 1. The van der Waals surface area contributed by atoms with Crippen LogP contribution in [0.1, 0.15) is 12.0 Å². The van der Waals surface area contributed by atoms with Crippen molar-refractivity contribution in [3.8, 4) is 11.5 Å². The lowest BCUT2D eigenvalue weighted by Gasteiger charge is -2.32. The van der Waals surface area contributed by atoms with E-state index in [1.165, 1.54) is 11.8 Å². The van der Waals surface area contributed by atoms with Gasteiger partial charge in [0.25, 0.3) is 0 Å². The summed E-state index contributed by atoms with van der Waals surface area (Å²) in [7, 11) is 3.21. The number of amidine groups is 1. The minimum Gasteiger partial charge on any atom is -0.497 e. The molecule has 1 saturated heterocycles. The summed E-state index contributed by atoms with van der Waals surface area (Å²) < 4.78 is 11.4. The molecular formula is C26H24BrN3O4S. The molecule has 0 spiro atoms. The molecule has 0 bridgehead atoms. The van der Waals surface area contributed by atoms with E-state index >= 15 is 0 Å². The predicted octanol–water partition coefficient (Wildman–Crippen LogP) is 5.63. The zero-order valence-corrected chi connectivity index (χ0v) is 21.6. The molecule has 0 aromatic heterocycles. The summed E-state index contributed by atoms with van der Waals surface area (Å²) in [6, 6.07) is 22.1. The predicted molar refractivity (Wildman–Crippen MR) is 142 cm³/mol. The van der Waals surface area contributed by atoms with Crippen molar-refractivity contribution >= 4 is 56.0 Å². The first-order chi connectivity index (χ1) is 16.9. The fraction of sp³-hybridized carbons (Fsp3) is 0.192. The van der Waals surface area contributed by atoms with Crippen LogP contribution in [0.5, 0.6) is 11.5 Å². The van der Waals surface area contributed by atoms with Crippen molar-refractivity contribution < 1.29 is 19.1 Å². The highest BCUT2D eigenvalue weighted by molar-refractivity contribution is 9.10. The van der Waals surface area contributed by atoms with Crippen molar-refractivity contribution in [2.75, 3.05) is 19.5 Å². The molecule has 180 valence electrons. The highest BCUT2D eigenvalue weighted by Crippen LogP contribution is 2.32. The van der Waals surface area contributed by atoms with E-state index in [9.17, 15) is 9.59 Å². The number of aliphatic imine (C=N–C) groups is 1. The van der Waals surface area contributed by atoms with Gasteiger partial charge in [-0.15, -0.1) is 0 Å². The molecule has 1 heterocycles. The van der Waals surface area contributed by atoms with Gasteiger partial charge in [-0.25, -0.2) is 4.99 Å². The van der Waals surface area contributed by atoms with Crippen LogP contribution in [0.3, 0.4) is 0 Å². The summed E-state index contributed by atoms with van der Waals surface area (Å²) >= 11 is 4.67. The van der Waals surface area contributed by atoms with Crippen LogP contribution >= 0.6 is 27.7 Å². The number of nitrogens with one attached hydrogen (secondary N) is 1. The van der Waals surface area contributed by atoms with Crippen LogP contribution in [0.15, 0.2) is 82.3 Å². The van der Waals surface area contributed by atoms with Crippen molar-refractivity contribution in [1.29, 1.82) is 0 Å². The number of nitrogens with zero attached hydrogens (tertiary/aromatic N) is 2. The SMILES string of the molecule is COc1ccc(CN2C(=O)CC(C(=O)Nc3ccc(Br)cc3)SC2=Nc2ccc(OC)cc2)cc1. The van der Waals surface area contributed by atoms with E-state index in [4.69, 9.17) is 14.5 Å². The third-order valence-electron chi connectivity index (χ3n) is 5.34. The monoisotopic (exact) mass is 553 g/mol. The number of amides is 2. The van der Waals surface area contributed by atoms with Gasteiger partial charge in [-0.3, -0.25) is 14.5 Å². The maximum atomic E-state index is 13.2. The lowest BCUT2D eigenvalue weighted by molar-refractivity contribution is -0.129. The van der Waals surface area contributed by atoms with Gasteiger partial charge in [0.15, 0.2) is 5.17 Å². The van der Waals surface area contributed by atoms with Gasteiger partial charge in [0.2, 0.25) is 11.8 Å². The maximum Gasteiger partial charge on any atom is 0.238 e. The highest BCUT2D eigenvalue weighted by atomic mass is 79.9. The van der Waals surface area contributed by atoms with Crippen LogP contribution in [0, 0.1) is 0 Å². The standard InChI is InChI=1S/C26H24BrN3O4S/c1-33-21-11-3-17(4-12-21)16-30-24(31)15-23(25(32)28-19-7-5-18(27)6-8-19)35-26(30)29-20-9-13-22(34-2)14-10-20/h3-14,23H,15-16H2,1-2H3,(H,28,32). The van der Waals surface area contributed by atoms with Crippen LogP contribution in [-0.4, -0.2) is 41.4 Å². The van der Waals surface area contributed by atoms with Crippen molar-refractivity contribution in [1.82, 2.24) is 4.90 Å². The zero-order valence-electron chi connectivity index (χ0n) is 19.2. The number of methoxy groups -OCH3 is 2. The van der Waals surface area contributed by atoms with Gasteiger partial charge in [0, 0.05) is 16.6 Å². The average Bonchev–Trinajstić information content (AvgIpc) is 2.88. The van der Waals surface area contributed by atoms with E-state index in [1.807, 2.05) is 48.5 Å². The van der Waals surface area contributed by atoms with Gasteiger partial charge >= 0.3 is 0 Å². The van der Waals surface area contributed by atoms with Crippen molar-refractivity contribution in [2.45, 2.75) is 18.2 Å². The van der Waals surface area contributed by atoms with Crippen LogP contribution in [0.25, 0.3) is 0 Å². The van der Waals surface area contributed by atoms with E-state index in [0.717, 1.165) is 15.8 Å². The molecule has 7 nitrogen and oxygen atoms in total. The number of benzene rings is 3. The Morgan fingerprint density at radius 2 is 1.60 bits per heavy atom. The Morgan fingerprint density at radius 1 is 1.00 bits per heavy atom.